The van der Waals surface area contributed by atoms with Crippen molar-refractivity contribution in [2.45, 2.75) is 12.8 Å². The fraction of sp³-hybridized carbons (Fsp3) is 0.308. The summed E-state index contributed by atoms with van der Waals surface area (Å²) in [6.45, 7) is 1.78. The fourth-order valence-corrected chi connectivity index (χ4v) is 2.84. The molecule has 1 aromatic carbocycles. The number of hydrogen-bond acceptors (Lipinski definition) is 4. The first-order chi connectivity index (χ1) is 9.70. The van der Waals surface area contributed by atoms with Gasteiger partial charge in [0.1, 0.15) is 11.8 Å². The minimum atomic E-state index is 0.294. The third-order valence-corrected chi connectivity index (χ3v) is 3.86. The van der Waals surface area contributed by atoms with Crippen molar-refractivity contribution < 1.29 is 0 Å². The van der Waals surface area contributed by atoms with Crippen LogP contribution in [0, 0.1) is 11.3 Å². The Hall–Kier alpha value is -1.77. The van der Waals surface area contributed by atoms with Gasteiger partial charge in [-0.15, -0.1) is 15.0 Å². The number of nitriles is 1. The van der Waals surface area contributed by atoms with E-state index in [1.165, 1.54) is 4.80 Å². The van der Waals surface area contributed by atoms with E-state index in [9.17, 15) is 5.26 Å². The molecule has 2 heterocycles. The van der Waals surface area contributed by atoms with Gasteiger partial charge in [-0.25, -0.2) is 0 Å². The molecule has 0 radical (unpaired) electrons. The summed E-state index contributed by atoms with van der Waals surface area (Å²) in [5.41, 5.74) is 0.792. The summed E-state index contributed by atoms with van der Waals surface area (Å²) < 4.78 is 0. The largest absolute Gasteiger partial charge is 0.353 e. The van der Waals surface area contributed by atoms with Crippen molar-refractivity contribution in [2.24, 2.45) is 0 Å². The maximum absolute atomic E-state index is 9.22. The molecule has 1 aliphatic rings. The van der Waals surface area contributed by atoms with Gasteiger partial charge in [0.25, 0.3) is 0 Å². The van der Waals surface area contributed by atoms with Gasteiger partial charge in [0.05, 0.1) is 10.0 Å². The molecule has 0 aliphatic carbocycles. The van der Waals surface area contributed by atoms with Crippen molar-refractivity contribution in [1.82, 2.24) is 15.0 Å². The highest BCUT2D eigenvalue weighted by Gasteiger charge is 2.22. The predicted octanol–water partition coefficient (Wildman–Crippen LogP) is 3.05. The van der Waals surface area contributed by atoms with Crippen molar-refractivity contribution in [1.29, 1.82) is 5.26 Å². The summed E-state index contributed by atoms with van der Waals surface area (Å²) in [5.74, 6) is 0.598. The van der Waals surface area contributed by atoms with Crippen molar-refractivity contribution in [3.05, 3.63) is 33.9 Å². The first-order valence-electron chi connectivity index (χ1n) is 6.27. The highest BCUT2D eigenvalue weighted by Crippen LogP contribution is 2.29. The lowest BCUT2D eigenvalue weighted by Crippen LogP contribution is -2.19. The summed E-state index contributed by atoms with van der Waals surface area (Å²) >= 11 is 12.3. The number of benzene rings is 1. The first kappa shape index (κ1) is 13.2. The second-order valence-corrected chi connectivity index (χ2v) is 5.35. The molecule has 3 rings (SSSR count). The van der Waals surface area contributed by atoms with Crippen LogP contribution >= 0.6 is 23.2 Å². The zero-order valence-corrected chi connectivity index (χ0v) is 12.1. The molecule has 0 spiro atoms. The Morgan fingerprint density at radius 2 is 1.75 bits per heavy atom. The minimum absolute atomic E-state index is 0.294. The van der Waals surface area contributed by atoms with E-state index in [4.69, 9.17) is 23.2 Å². The summed E-state index contributed by atoms with van der Waals surface area (Å²) in [6.07, 6.45) is 2.20. The molecule has 0 unspecified atom stereocenters. The highest BCUT2D eigenvalue weighted by atomic mass is 35.5. The molecule has 2 aromatic rings. The summed E-state index contributed by atoms with van der Waals surface area (Å²) in [6, 6.07) is 7.27. The van der Waals surface area contributed by atoms with Gasteiger partial charge < -0.3 is 4.90 Å². The Bertz CT molecular complexity index is 662. The SMILES string of the molecule is N#Cc1nn(-c2c(Cl)cccc2Cl)nc1N1CCCC1. The van der Waals surface area contributed by atoms with E-state index in [1.54, 1.807) is 18.2 Å². The van der Waals surface area contributed by atoms with Crippen LogP contribution in [0.25, 0.3) is 5.69 Å². The lowest BCUT2D eigenvalue weighted by Gasteiger charge is -2.12. The van der Waals surface area contributed by atoms with Gasteiger partial charge in [-0.05, 0) is 25.0 Å². The van der Waals surface area contributed by atoms with Crippen LogP contribution in [0.5, 0.6) is 0 Å². The number of anilines is 1. The number of para-hydroxylation sites is 1. The first-order valence-corrected chi connectivity index (χ1v) is 7.03. The molecule has 7 heteroatoms. The van der Waals surface area contributed by atoms with Gasteiger partial charge in [-0.1, -0.05) is 29.3 Å². The average molecular weight is 308 g/mol. The summed E-state index contributed by atoms with van der Waals surface area (Å²) in [5, 5.41) is 18.7. The van der Waals surface area contributed by atoms with Crippen molar-refractivity contribution >= 4 is 29.0 Å². The van der Waals surface area contributed by atoms with Crippen LogP contribution in [0.4, 0.5) is 5.82 Å². The lowest BCUT2D eigenvalue weighted by atomic mass is 10.3. The molecule has 0 atom stereocenters. The maximum Gasteiger partial charge on any atom is 0.207 e. The zero-order valence-electron chi connectivity index (χ0n) is 10.6. The van der Waals surface area contributed by atoms with Crippen LogP contribution in [0.2, 0.25) is 10.0 Å². The van der Waals surface area contributed by atoms with Crippen LogP contribution in [0.3, 0.4) is 0 Å². The van der Waals surface area contributed by atoms with Crippen LogP contribution in [0.1, 0.15) is 18.5 Å². The number of rotatable bonds is 2. The van der Waals surface area contributed by atoms with Gasteiger partial charge in [0.15, 0.2) is 5.82 Å². The summed E-state index contributed by atoms with van der Waals surface area (Å²) in [4.78, 5) is 3.41. The molecular formula is C13H11Cl2N5. The van der Waals surface area contributed by atoms with E-state index >= 15 is 0 Å². The monoisotopic (exact) mass is 307 g/mol. The van der Waals surface area contributed by atoms with E-state index in [0.29, 0.717) is 27.2 Å². The molecule has 0 saturated carbocycles. The lowest BCUT2D eigenvalue weighted by molar-refractivity contribution is 0.744. The quantitative estimate of drug-likeness (QED) is 0.855. The molecule has 102 valence electrons. The van der Waals surface area contributed by atoms with Crippen LogP contribution in [-0.2, 0) is 0 Å². The van der Waals surface area contributed by atoms with E-state index < -0.39 is 0 Å². The normalized spacial score (nSPS) is 14.6. The number of nitrogens with zero attached hydrogens (tertiary/aromatic N) is 5. The maximum atomic E-state index is 9.22. The standard InChI is InChI=1S/C13H11Cl2N5/c14-9-4-3-5-10(15)12(9)20-17-11(8-16)13(18-20)19-6-1-2-7-19/h3-5H,1-2,6-7H2. The van der Waals surface area contributed by atoms with Crippen molar-refractivity contribution in [3.63, 3.8) is 0 Å². The molecule has 1 saturated heterocycles. The van der Waals surface area contributed by atoms with Crippen molar-refractivity contribution in [3.8, 4) is 11.8 Å². The third-order valence-electron chi connectivity index (χ3n) is 3.25. The molecular weight excluding hydrogens is 297 g/mol. The van der Waals surface area contributed by atoms with Crippen molar-refractivity contribution in [2.75, 3.05) is 18.0 Å². The number of hydrogen-bond donors (Lipinski definition) is 0. The molecule has 0 N–H and O–H groups in total. The second kappa shape index (κ2) is 5.31. The molecule has 5 nitrogen and oxygen atoms in total. The molecule has 1 aliphatic heterocycles. The molecule has 20 heavy (non-hydrogen) atoms. The Morgan fingerprint density at radius 1 is 1.10 bits per heavy atom. The predicted molar refractivity (Wildman–Crippen MR) is 77.5 cm³/mol. The van der Waals surface area contributed by atoms with Gasteiger partial charge in [-0.2, -0.15) is 5.26 Å². The third kappa shape index (κ3) is 2.21. The number of halogens is 2. The van der Waals surface area contributed by atoms with E-state index in [-0.39, 0.29) is 0 Å². The van der Waals surface area contributed by atoms with Gasteiger partial charge in [-0.3, -0.25) is 0 Å². The summed E-state index contributed by atoms with van der Waals surface area (Å²) in [7, 11) is 0. The molecule has 0 amide bonds. The van der Waals surface area contributed by atoms with Gasteiger partial charge in [0, 0.05) is 13.1 Å². The van der Waals surface area contributed by atoms with Crippen LogP contribution in [0.15, 0.2) is 18.2 Å². The average Bonchev–Trinajstić information content (AvgIpc) is 3.07. The van der Waals surface area contributed by atoms with Gasteiger partial charge in [0.2, 0.25) is 5.69 Å². The molecule has 1 fully saturated rings. The second-order valence-electron chi connectivity index (χ2n) is 4.54. The molecule has 0 bridgehead atoms. The molecule has 1 aromatic heterocycles. The smallest absolute Gasteiger partial charge is 0.207 e. The Balaban J connectivity index is 2.10. The minimum Gasteiger partial charge on any atom is -0.353 e. The number of aromatic nitrogens is 3. The zero-order chi connectivity index (χ0) is 14.1. The topological polar surface area (TPSA) is 57.7 Å². The Labute approximate surface area is 126 Å². The fourth-order valence-electron chi connectivity index (χ4n) is 2.29. The van der Waals surface area contributed by atoms with E-state index in [0.717, 1.165) is 25.9 Å². The Kier molecular flexibility index (Phi) is 3.51. The van der Waals surface area contributed by atoms with E-state index in [2.05, 4.69) is 21.2 Å². The van der Waals surface area contributed by atoms with Crippen LogP contribution < -0.4 is 4.90 Å². The highest BCUT2D eigenvalue weighted by molar-refractivity contribution is 6.37. The van der Waals surface area contributed by atoms with Gasteiger partial charge >= 0.3 is 0 Å². The van der Waals surface area contributed by atoms with Crippen LogP contribution in [-0.4, -0.2) is 28.1 Å². The Morgan fingerprint density at radius 3 is 2.35 bits per heavy atom. The van der Waals surface area contributed by atoms with E-state index in [1.807, 2.05) is 0 Å².